The highest BCUT2D eigenvalue weighted by molar-refractivity contribution is 5.94. The van der Waals surface area contributed by atoms with Gasteiger partial charge in [-0.2, -0.15) is 0 Å². The van der Waals surface area contributed by atoms with Gasteiger partial charge in [-0.05, 0) is 17.7 Å². The van der Waals surface area contributed by atoms with Crippen LogP contribution in [0, 0.1) is 11.6 Å². The summed E-state index contributed by atoms with van der Waals surface area (Å²) in [6.45, 7) is 1.27. The van der Waals surface area contributed by atoms with Crippen molar-refractivity contribution < 1.29 is 38.0 Å². The first-order chi connectivity index (χ1) is 18.3. The zero-order valence-electron chi connectivity index (χ0n) is 20.0. The average molecular weight is 523 g/mol. The summed E-state index contributed by atoms with van der Waals surface area (Å²) < 4.78 is 39.5. The first-order valence-corrected chi connectivity index (χ1v) is 11.9. The number of morpholine rings is 1. The lowest BCUT2D eigenvalue weighted by atomic mass is 9.85. The van der Waals surface area contributed by atoms with E-state index in [1.54, 1.807) is 30.3 Å². The van der Waals surface area contributed by atoms with Crippen molar-refractivity contribution in [2.45, 2.75) is 12.3 Å². The van der Waals surface area contributed by atoms with E-state index in [1.807, 2.05) is 0 Å². The van der Waals surface area contributed by atoms with Crippen LogP contribution in [0.15, 0.2) is 63.8 Å². The molecule has 4 aromatic rings. The van der Waals surface area contributed by atoms with Gasteiger partial charge < -0.3 is 29.4 Å². The number of phenolic OH excluding ortho intramolecular Hbond substituents is 3. The van der Waals surface area contributed by atoms with Gasteiger partial charge in [0.15, 0.2) is 28.6 Å². The Morgan fingerprint density at radius 2 is 1.63 bits per heavy atom. The largest absolute Gasteiger partial charge is 0.504 e. The fourth-order valence-corrected chi connectivity index (χ4v) is 4.67. The molecule has 1 aliphatic heterocycles. The molecule has 0 spiro atoms. The van der Waals surface area contributed by atoms with Crippen molar-refractivity contribution in [1.82, 2.24) is 4.90 Å². The number of carbonyl (C=O) groups excluding carboxylic acids is 1. The Morgan fingerprint density at radius 1 is 0.921 bits per heavy atom. The molecule has 1 aliphatic rings. The highest BCUT2D eigenvalue weighted by Gasteiger charge is 2.32. The molecule has 196 valence electrons. The van der Waals surface area contributed by atoms with E-state index in [4.69, 9.17) is 9.15 Å². The highest BCUT2D eigenvalue weighted by Crippen LogP contribution is 2.49. The van der Waals surface area contributed by atoms with Gasteiger partial charge in [-0.15, -0.1) is 0 Å². The van der Waals surface area contributed by atoms with Crippen molar-refractivity contribution in [1.29, 1.82) is 0 Å². The lowest BCUT2D eigenvalue weighted by Gasteiger charge is -2.29. The normalized spacial score (nSPS) is 14.5. The van der Waals surface area contributed by atoms with Gasteiger partial charge in [0.1, 0.15) is 16.7 Å². The van der Waals surface area contributed by atoms with Gasteiger partial charge in [-0.1, -0.05) is 36.4 Å². The second-order valence-corrected chi connectivity index (χ2v) is 8.93. The molecule has 5 rings (SSSR count). The van der Waals surface area contributed by atoms with Gasteiger partial charge in [0.05, 0.1) is 13.2 Å². The first kappa shape index (κ1) is 25.2. The van der Waals surface area contributed by atoms with Gasteiger partial charge in [-0.25, -0.2) is 8.78 Å². The number of amides is 1. The predicted molar refractivity (Wildman–Crippen MR) is 133 cm³/mol. The molecule has 3 aromatic carbocycles. The zero-order chi connectivity index (χ0) is 27.0. The molecule has 0 radical (unpaired) electrons. The summed E-state index contributed by atoms with van der Waals surface area (Å²) in [6.07, 6.45) is -0.350. The van der Waals surface area contributed by atoms with Crippen LogP contribution >= 0.6 is 0 Å². The number of ether oxygens (including phenoxy) is 1. The summed E-state index contributed by atoms with van der Waals surface area (Å²) in [5.41, 5.74) is -0.646. The van der Waals surface area contributed by atoms with Crippen LogP contribution in [0.3, 0.4) is 0 Å². The molecule has 3 N–H and O–H groups in total. The Morgan fingerprint density at radius 3 is 2.32 bits per heavy atom. The average Bonchev–Trinajstić information content (AvgIpc) is 2.93. The molecule has 1 unspecified atom stereocenters. The summed E-state index contributed by atoms with van der Waals surface area (Å²) in [7, 11) is 0. The van der Waals surface area contributed by atoms with Crippen LogP contribution in [0.1, 0.15) is 23.5 Å². The third kappa shape index (κ3) is 4.54. The monoisotopic (exact) mass is 523 g/mol. The molecule has 1 aromatic heterocycles. The Balaban J connectivity index is 1.77. The van der Waals surface area contributed by atoms with E-state index in [-0.39, 0.29) is 34.8 Å². The van der Waals surface area contributed by atoms with Crippen LogP contribution in [0.25, 0.3) is 22.3 Å². The SMILES string of the molecule is O=C(CC(c1ccc(F)c(F)c1)c1c(O)c(O)c(O)c2c(=O)cc(-c3ccccc3)oc12)N1CCOCC1. The maximum absolute atomic E-state index is 14.3. The quantitative estimate of drug-likeness (QED) is 0.335. The van der Waals surface area contributed by atoms with Crippen molar-refractivity contribution >= 4 is 16.9 Å². The maximum atomic E-state index is 14.3. The number of carbonyl (C=O) groups is 1. The molecule has 8 nitrogen and oxygen atoms in total. The Hall–Kier alpha value is -4.44. The van der Waals surface area contributed by atoms with Crippen molar-refractivity contribution in [3.8, 4) is 28.6 Å². The molecule has 2 heterocycles. The van der Waals surface area contributed by atoms with Crippen LogP contribution in [0.5, 0.6) is 17.2 Å². The minimum absolute atomic E-state index is 0.0833. The fourth-order valence-electron chi connectivity index (χ4n) is 4.67. The summed E-state index contributed by atoms with van der Waals surface area (Å²) >= 11 is 0. The molecular formula is C28H23F2NO7. The number of fused-ring (bicyclic) bond motifs is 1. The predicted octanol–water partition coefficient (Wildman–Crippen LogP) is 4.24. The van der Waals surface area contributed by atoms with Gasteiger partial charge in [-0.3, -0.25) is 9.59 Å². The lowest BCUT2D eigenvalue weighted by Crippen LogP contribution is -2.41. The molecule has 1 atom stereocenters. The first-order valence-electron chi connectivity index (χ1n) is 11.9. The van der Waals surface area contributed by atoms with Crippen molar-refractivity contribution in [2.24, 2.45) is 0 Å². The Bertz CT molecular complexity index is 1580. The summed E-state index contributed by atoms with van der Waals surface area (Å²) in [6, 6.07) is 12.7. The number of benzene rings is 3. The van der Waals surface area contributed by atoms with Crippen LogP contribution in [0.4, 0.5) is 8.78 Å². The summed E-state index contributed by atoms with van der Waals surface area (Å²) in [5.74, 6) is -6.55. The van der Waals surface area contributed by atoms with Crippen LogP contribution in [-0.4, -0.2) is 52.4 Å². The molecular weight excluding hydrogens is 500 g/mol. The maximum Gasteiger partial charge on any atom is 0.223 e. The molecule has 10 heteroatoms. The topological polar surface area (TPSA) is 120 Å². The summed E-state index contributed by atoms with van der Waals surface area (Å²) in [5, 5.41) is 31.7. The van der Waals surface area contributed by atoms with Gasteiger partial charge >= 0.3 is 0 Å². The third-order valence-corrected chi connectivity index (χ3v) is 6.63. The molecule has 0 saturated carbocycles. The van der Waals surface area contributed by atoms with Crippen LogP contribution in [-0.2, 0) is 9.53 Å². The molecule has 0 bridgehead atoms. The van der Waals surface area contributed by atoms with E-state index in [2.05, 4.69) is 0 Å². The number of hydrogen-bond donors (Lipinski definition) is 3. The minimum atomic E-state index is -1.19. The molecule has 38 heavy (non-hydrogen) atoms. The lowest BCUT2D eigenvalue weighted by molar-refractivity contribution is -0.135. The number of nitrogens with zero attached hydrogens (tertiary/aromatic N) is 1. The molecule has 1 fully saturated rings. The molecule has 1 saturated heterocycles. The number of phenols is 3. The van der Waals surface area contributed by atoms with Crippen LogP contribution < -0.4 is 5.43 Å². The Labute approximate surface area is 214 Å². The van der Waals surface area contributed by atoms with Crippen molar-refractivity contribution in [3.63, 3.8) is 0 Å². The number of rotatable bonds is 5. The summed E-state index contributed by atoms with van der Waals surface area (Å²) in [4.78, 5) is 27.9. The smallest absolute Gasteiger partial charge is 0.223 e. The highest BCUT2D eigenvalue weighted by atomic mass is 19.2. The standard InChI is InChI=1S/C28H23F2NO7/c29-18-7-6-16(12-19(18)30)17(13-22(33)31-8-10-37-11-9-31)23-25(34)27(36)26(35)24-20(32)14-21(38-28(23)24)15-4-2-1-3-5-15/h1-7,12,14,17,34-36H,8-11,13H2. The van der Waals surface area contributed by atoms with E-state index >= 15 is 0 Å². The molecule has 0 aliphatic carbocycles. The zero-order valence-corrected chi connectivity index (χ0v) is 20.0. The fraction of sp³-hybridized carbons (Fsp3) is 0.214. The van der Waals surface area contributed by atoms with Crippen molar-refractivity contribution in [2.75, 3.05) is 26.3 Å². The number of halogens is 2. The second kappa shape index (κ2) is 10.1. The Kier molecular flexibility index (Phi) is 6.73. The van der Waals surface area contributed by atoms with Gasteiger partial charge in [0.2, 0.25) is 11.7 Å². The molecule has 1 amide bonds. The van der Waals surface area contributed by atoms with Gasteiger partial charge in [0, 0.05) is 42.6 Å². The van der Waals surface area contributed by atoms with E-state index in [9.17, 15) is 33.7 Å². The van der Waals surface area contributed by atoms with Crippen LogP contribution in [0.2, 0.25) is 0 Å². The number of hydrogen-bond acceptors (Lipinski definition) is 7. The third-order valence-electron chi connectivity index (χ3n) is 6.63. The van der Waals surface area contributed by atoms with E-state index < -0.39 is 45.6 Å². The van der Waals surface area contributed by atoms with E-state index in [0.717, 1.165) is 18.2 Å². The number of aromatic hydroxyl groups is 3. The van der Waals surface area contributed by atoms with E-state index in [0.29, 0.717) is 31.9 Å². The second-order valence-electron chi connectivity index (χ2n) is 8.93. The van der Waals surface area contributed by atoms with Crippen molar-refractivity contribution in [3.05, 3.63) is 87.6 Å². The minimum Gasteiger partial charge on any atom is -0.504 e. The van der Waals surface area contributed by atoms with Gasteiger partial charge in [0.25, 0.3) is 0 Å². The van der Waals surface area contributed by atoms with E-state index in [1.165, 1.54) is 11.0 Å².